The summed E-state index contributed by atoms with van der Waals surface area (Å²) in [6.45, 7) is 2.68. The largest absolute Gasteiger partial charge is 0.366 e. The minimum Gasteiger partial charge on any atom is -0.366 e. The summed E-state index contributed by atoms with van der Waals surface area (Å²) < 4.78 is 12.8. The molecule has 0 aliphatic rings. The third kappa shape index (κ3) is 3.65. The number of primary amides is 1. The third-order valence-corrected chi connectivity index (χ3v) is 3.22. The Morgan fingerprint density at radius 2 is 1.75 bits per heavy atom. The van der Waals surface area contributed by atoms with Crippen molar-refractivity contribution >= 4 is 5.91 Å². The van der Waals surface area contributed by atoms with Crippen LogP contribution in [0.2, 0.25) is 0 Å². The van der Waals surface area contributed by atoms with Crippen molar-refractivity contribution in [1.29, 1.82) is 0 Å². The minimum absolute atomic E-state index is 0.117. The number of amides is 1. The Balaban J connectivity index is 1.94. The molecule has 3 nitrogen and oxygen atoms in total. The third-order valence-electron chi connectivity index (χ3n) is 3.22. The van der Waals surface area contributed by atoms with Gasteiger partial charge in [-0.05, 0) is 42.3 Å². The predicted octanol–water partition coefficient (Wildman–Crippen LogP) is 2.78. The van der Waals surface area contributed by atoms with Gasteiger partial charge >= 0.3 is 0 Å². The van der Waals surface area contributed by atoms with Crippen molar-refractivity contribution in [3.63, 3.8) is 0 Å². The second kappa shape index (κ2) is 6.30. The molecule has 1 unspecified atom stereocenters. The van der Waals surface area contributed by atoms with Crippen molar-refractivity contribution in [2.24, 2.45) is 5.73 Å². The lowest BCUT2D eigenvalue weighted by atomic mass is 10.1. The van der Waals surface area contributed by atoms with E-state index < -0.39 is 5.91 Å². The molecule has 1 atom stereocenters. The molecule has 0 aliphatic heterocycles. The molecular weight excluding hydrogens is 255 g/mol. The quantitative estimate of drug-likeness (QED) is 0.879. The lowest BCUT2D eigenvalue weighted by molar-refractivity contribution is 0.100. The highest BCUT2D eigenvalue weighted by molar-refractivity contribution is 5.92. The van der Waals surface area contributed by atoms with Crippen LogP contribution in [0.15, 0.2) is 48.5 Å². The van der Waals surface area contributed by atoms with Gasteiger partial charge in [0, 0.05) is 18.2 Å². The molecule has 0 spiro atoms. The summed E-state index contributed by atoms with van der Waals surface area (Å²) in [5.74, 6) is -0.660. The van der Waals surface area contributed by atoms with Gasteiger partial charge in [-0.3, -0.25) is 4.79 Å². The average Bonchev–Trinajstić information content (AvgIpc) is 2.46. The molecule has 0 aromatic heterocycles. The van der Waals surface area contributed by atoms with Crippen LogP contribution in [0.1, 0.15) is 34.5 Å². The second-order valence-electron chi connectivity index (χ2n) is 4.72. The Kier molecular flexibility index (Phi) is 4.48. The van der Waals surface area contributed by atoms with Crippen molar-refractivity contribution in [3.05, 3.63) is 71.0 Å². The van der Waals surface area contributed by atoms with Crippen molar-refractivity contribution in [1.82, 2.24) is 5.32 Å². The van der Waals surface area contributed by atoms with E-state index in [4.69, 9.17) is 5.73 Å². The van der Waals surface area contributed by atoms with Gasteiger partial charge in [0.15, 0.2) is 0 Å². The Morgan fingerprint density at radius 3 is 2.30 bits per heavy atom. The van der Waals surface area contributed by atoms with Gasteiger partial charge in [-0.2, -0.15) is 0 Å². The van der Waals surface area contributed by atoms with Crippen LogP contribution in [0.4, 0.5) is 4.39 Å². The van der Waals surface area contributed by atoms with Gasteiger partial charge in [0.05, 0.1) is 0 Å². The zero-order valence-corrected chi connectivity index (χ0v) is 11.3. The van der Waals surface area contributed by atoms with Crippen LogP contribution in [0, 0.1) is 5.82 Å². The SMILES string of the molecule is CC(NCc1ccc(C(N)=O)cc1)c1ccc(F)cc1. The van der Waals surface area contributed by atoms with Gasteiger partial charge < -0.3 is 11.1 Å². The lowest BCUT2D eigenvalue weighted by Crippen LogP contribution is -2.18. The fourth-order valence-corrected chi connectivity index (χ4v) is 1.93. The zero-order chi connectivity index (χ0) is 14.5. The maximum atomic E-state index is 12.8. The second-order valence-corrected chi connectivity index (χ2v) is 4.72. The average molecular weight is 272 g/mol. The Morgan fingerprint density at radius 1 is 1.15 bits per heavy atom. The van der Waals surface area contributed by atoms with Gasteiger partial charge in [-0.15, -0.1) is 0 Å². The number of hydrogen-bond acceptors (Lipinski definition) is 2. The van der Waals surface area contributed by atoms with Gasteiger partial charge in [0.25, 0.3) is 0 Å². The number of halogens is 1. The van der Waals surface area contributed by atoms with Crippen LogP contribution in [0.3, 0.4) is 0 Å². The molecule has 0 bridgehead atoms. The van der Waals surface area contributed by atoms with Crippen LogP contribution < -0.4 is 11.1 Å². The minimum atomic E-state index is -0.427. The van der Waals surface area contributed by atoms with E-state index in [2.05, 4.69) is 5.32 Å². The molecule has 0 saturated carbocycles. The number of nitrogens with one attached hydrogen (secondary N) is 1. The standard InChI is InChI=1S/C16H17FN2O/c1-11(13-6-8-15(17)9-7-13)19-10-12-2-4-14(5-3-12)16(18)20/h2-9,11,19H,10H2,1H3,(H2,18,20). The molecule has 3 N–H and O–H groups in total. The summed E-state index contributed by atoms with van der Waals surface area (Å²) in [6.07, 6.45) is 0. The fraction of sp³-hybridized carbons (Fsp3) is 0.188. The van der Waals surface area contributed by atoms with Gasteiger partial charge in [0.1, 0.15) is 5.82 Å². The number of carbonyl (C=O) groups is 1. The first-order chi connectivity index (χ1) is 9.56. The molecule has 0 fully saturated rings. The number of nitrogens with two attached hydrogens (primary N) is 1. The summed E-state index contributed by atoms with van der Waals surface area (Å²) in [6, 6.07) is 13.7. The van der Waals surface area contributed by atoms with Crippen molar-refractivity contribution < 1.29 is 9.18 Å². The van der Waals surface area contributed by atoms with E-state index in [1.165, 1.54) is 12.1 Å². The topological polar surface area (TPSA) is 55.1 Å². The molecule has 1 amide bonds. The summed E-state index contributed by atoms with van der Waals surface area (Å²) in [7, 11) is 0. The zero-order valence-electron chi connectivity index (χ0n) is 11.3. The lowest BCUT2D eigenvalue weighted by Gasteiger charge is -2.14. The number of benzene rings is 2. The summed E-state index contributed by atoms with van der Waals surface area (Å²) in [5, 5.41) is 3.34. The number of hydrogen-bond donors (Lipinski definition) is 2. The van der Waals surface area contributed by atoms with Crippen LogP contribution >= 0.6 is 0 Å². The predicted molar refractivity (Wildman–Crippen MR) is 76.6 cm³/mol. The van der Waals surface area contributed by atoms with E-state index in [1.54, 1.807) is 24.3 Å². The molecule has 4 heteroatoms. The van der Waals surface area contributed by atoms with Crippen LogP contribution in [0.25, 0.3) is 0 Å². The molecular formula is C16H17FN2O. The molecule has 0 aliphatic carbocycles. The highest BCUT2D eigenvalue weighted by Gasteiger charge is 2.05. The molecule has 20 heavy (non-hydrogen) atoms. The first-order valence-corrected chi connectivity index (χ1v) is 6.44. The van der Waals surface area contributed by atoms with Crippen LogP contribution in [-0.4, -0.2) is 5.91 Å². The van der Waals surface area contributed by atoms with Gasteiger partial charge in [0.2, 0.25) is 5.91 Å². The van der Waals surface area contributed by atoms with Crippen LogP contribution in [-0.2, 0) is 6.54 Å². The molecule has 104 valence electrons. The van der Waals surface area contributed by atoms with Crippen molar-refractivity contribution in [2.75, 3.05) is 0 Å². The van der Waals surface area contributed by atoms with Gasteiger partial charge in [-0.1, -0.05) is 24.3 Å². The van der Waals surface area contributed by atoms with E-state index in [9.17, 15) is 9.18 Å². The first kappa shape index (κ1) is 14.2. The highest BCUT2D eigenvalue weighted by Crippen LogP contribution is 2.14. The van der Waals surface area contributed by atoms with Crippen LogP contribution in [0.5, 0.6) is 0 Å². The Labute approximate surface area is 117 Å². The molecule has 2 aromatic carbocycles. The number of carbonyl (C=O) groups excluding carboxylic acids is 1. The first-order valence-electron chi connectivity index (χ1n) is 6.44. The molecule has 0 heterocycles. The molecule has 0 radical (unpaired) electrons. The van der Waals surface area contributed by atoms with Crippen molar-refractivity contribution in [3.8, 4) is 0 Å². The number of rotatable bonds is 5. The molecule has 2 aromatic rings. The maximum Gasteiger partial charge on any atom is 0.248 e. The van der Waals surface area contributed by atoms with E-state index >= 15 is 0 Å². The Bertz CT molecular complexity index is 578. The normalized spacial score (nSPS) is 12.1. The molecule has 2 rings (SSSR count). The summed E-state index contributed by atoms with van der Waals surface area (Å²) in [4.78, 5) is 11.0. The van der Waals surface area contributed by atoms with Crippen molar-refractivity contribution in [2.45, 2.75) is 19.5 Å². The van der Waals surface area contributed by atoms with E-state index in [0.717, 1.165) is 11.1 Å². The van der Waals surface area contributed by atoms with Gasteiger partial charge in [-0.25, -0.2) is 4.39 Å². The summed E-state index contributed by atoms with van der Waals surface area (Å²) >= 11 is 0. The summed E-state index contributed by atoms with van der Waals surface area (Å²) in [5.41, 5.74) is 7.78. The fourth-order valence-electron chi connectivity index (χ4n) is 1.93. The van der Waals surface area contributed by atoms with E-state index in [-0.39, 0.29) is 11.9 Å². The Hall–Kier alpha value is -2.20. The van der Waals surface area contributed by atoms with E-state index in [0.29, 0.717) is 12.1 Å². The monoisotopic (exact) mass is 272 g/mol. The highest BCUT2D eigenvalue weighted by atomic mass is 19.1. The molecule has 0 saturated heterocycles. The smallest absolute Gasteiger partial charge is 0.248 e. The van der Waals surface area contributed by atoms with E-state index in [1.807, 2.05) is 19.1 Å². The maximum absolute atomic E-state index is 12.8.